The number of likely N-dealkylation sites (tertiary alicyclic amines) is 1. The molecule has 9 nitrogen and oxygen atoms in total. The molecule has 1 aliphatic rings. The summed E-state index contributed by atoms with van der Waals surface area (Å²) in [6, 6.07) is 10.3. The number of para-hydroxylation sites is 1. The lowest BCUT2D eigenvalue weighted by atomic mass is 10.2. The zero-order valence-corrected chi connectivity index (χ0v) is 17.0. The van der Waals surface area contributed by atoms with Crippen LogP contribution in [0, 0.1) is 11.3 Å². The van der Waals surface area contributed by atoms with Gasteiger partial charge in [0.15, 0.2) is 5.76 Å². The number of furan rings is 1. The lowest BCUT2D eigenvalue weighted by molar-refractivity contribution is -0.131. The molecule has 0 saturated carbocycles. The molecule has 1 aliphatic heterocycles. The van der Waals surface area contributed by atoms with Gasteiger partial charge in [0.2, 0.25) is 5.91 Å². The summed E-state index contributed by atoms with van der Waals surface area (Å²) >= 11 is 0. The minimum absolute atomic E-state index is 0.00541. The predicted molar refractivity (Wildman–Crippen MR) is 111 cm³/mol. The number of benzene rings is 1. The number of pyridine rings is 1. The lowest BCUT2D eigenvalue weighted by Crippen LogP contribution is -2.43. The third-order valence-electron chi connectivity index (χ3n) is 5.10. The van der Waals surface area contributed by atoms with Crippen LogP contribution >= 0.6 is 0 Å². The average Bonchev–Trinajstić information content (AvgIpc) is 3.38. The molecule has 168 valence electrons. The van der Waals surface area contributed by atoms with E-state index in [1.54, 1.807) is 36.4 Å². The number of nitrogens with zero attached hydrogens (tertiary/aromatic N) is 3. The molecule has 1 atom stereocenters. The number of halogens is 2. The van der Waals surface area contributed by atoms with Crippen molar-refractivity contribution in [3.8, 4) is 6.07 Å². The van der Waals surface area contributed by atoms with Crippen LogP contribution in [0.1, 0.15) is 27.3 Å². The molecule has 2 aromatic heterocycles. The van der Waals surface area contributed by atoms with Gasteiger partial charge < -0.3 is 20.0 Å². The van der Waals surface area contributed by atoms with E-state index in [4.69, 9.17) is 9.68 Å². The number of nitriles is 1. The zero-order valence-electron chi connectivity index (χ0n) is 17.0. The second-order valence-electron chi connectivity index (χ2n) is 7.43. The monoisotopic (exact) mass is 453 g/mol. The molecule has 4 rings (SSSR count). The fourth-order valence-electron chi connectivity index (χ4n) is 3.52. The van der Waals surface area contributed by atoms with E-state index in [0.29, 0.717) is 5.58 Å². The highest BCUT2D eigenvalue weighted by atomic mass is 19.3. The number of rotatable bonds is 5. The lowest BCUT2D eigenvalue weighted by Gasteiger charge is -2.19. The van der Waals surface area contributed by atoms with Crippen molar-refractivity contribution in [2.45, 2.75) is 18.4 Å². The molecule has 11 heteroatoms. The molecule has 33 heavy (non-hydrogen) atoms. The molecule has 3 amide bonds. The quantitative estimate of drug-likeness (QED) is 0.611. The largest absolute Gasteiger partial charge is 0.451 e. The molecule has 0 radical (unpaired) electrons. The number of fused-ring (bicyclic) bond motifs is 1. The van der Waals surface area contributed by atoms with Gasteiger partial charge in [-0.05, 0) is 18.2 Å². The number of hydrogen-bond acceptors (Lipinski definition) is 6. The maximum atomic E-state index is 13.6. The summed E-state index contributed by atoms with van der Waals surface area (Å²) in [5, 5.41) is 14.6. The smallest absolute Gasteiger partial charge is 0.291 e. The van der Waals surface area contributed by atoms with E-state index in [9.17, 15) is 23.2 Å². The van der Waals surface area contributed by atoms with Crippen molar-refractivity contribution in [1.82, 2.24) is 15.2 Å². The van der Waals surface area contributed by atoms with Crippen LogP contribution < -0.4 is 10.6 Å². The van der Waals surface area contributed by atoms with Crippen LogP contribution in [0.4, 0.5) is 14.5 Å². The van der Waals surface area contributed by atoms with Crippen molar-refractivity contribution >= 4 is 34.4 Å². The molecule has 0 bridgehead atoms. The molecule has 1 saturated heterocycles. The van der Waals surface area contributed by atoms with Crippen molar-refractivity contribution in [3.63, 3.8) is 0 Å². The van der Waals surface area contributed by atoms with Gasteiger partial charge >= 0.3 is 0 Å². The van der Waals surface area contributed by atoms with Crippen LogP contribution in [0.5, 0.6) is 0 Å². The third kappa shape index (κ3) is 4.64. The molecule has 0 aliphatic carbocycles. The topological polar surface area (TPSA) is 128 Å². The molecule has 3 heterocycles. The Morgan fingerprint density at radius 2 is 2.03 bits per heavy atom. The van der Waals surface area contributed by atoms with Gasteiger partial charge in [0.05, 0.1) is 36.6 Å². The second-order valence-corrected chi connectivity index (χ2v) is 7.43. The molecule has 3 aromatic rings. The fraction of sp³-hybridized carbons (Fsp3) is 0.227. The summed E-state index contributed by atoms with van der Waals surface area (Å²) in [5.41, 5.74) is 0.592. The number of hydrogen-bond donors (Lipinski definition) is 2. The van der Waals surface area contributed by atoms with E-state index < -0.39 is 49.2 Å². The molecular weight excluding hydrogens is 436 g/mol. The van der Waals surface area contributed by atoms with Crippen molar-refractivity contribution in [3.05, 3.63) is 60.1 Å². The Hall–Kier alpha value is -4.33. The van der Waals surface area contributed by atoms with Gasteiger partial charge in [0.1, 0.15) is 11.6 Å². The Bertz CT molecular complexity index is 1250. The number of anilines is 1. The van der Waals surface area contributed by atoms with Gasteiger partial charge in [-0.3, -0.25) is 19.4 Å². The number of aromatic nitrogens is 1. The van der Waals surface area contributed by atoms with Gasteiger partial charge in [-0.25, -0.2) is 8.78 Å². The Morgan fingerprint density at radius 3 is 2.79 bits per heavy atom. The SMILES string of the molecule is N#C[C@@H]1CC(F)(F)CN1C(=O)CNC(=O)c1ccncc1NC(=O)c1cc2ccccc2o1. The van der Waals surface area contributed by atoms with Crippen LogP contribution in [0.3, 0.4) is 0 Å². The number of amides is 3. The van der Waals surface area contributed by atoms with Crippen LogP contribution in [-0.4, -0.2) is 52.7 Å². The Labute approximate surface area is 186 Å². The number of alkyl halides is 2. The average molecular weight is 453 g/mol. The van der Waals surface area contributed by atoms with Crippen molar-refractivity contribution in [1.29, 1.82) is 5.26 Å². The minimum Gasteiger partial charge on any atom is -0.451 e. The normalized spacial score (nSPS) is 16.9. The van der Waals surface area contributed by atoms with Gasteiger partial charge in [-0.2, -0.15) is 5.26 Å². The van der Waals surface area contributed by atoms with Gasteiger partial charge in [0, 0.05) is 18.0 Å². The van der Waals surface area contributed by atoms with Crippen LogP contribution in [-0.2, 0) is 4.79 Å². The molecule has 0 unspecified atom stereocenters. The summed E-state index contributed by atoms with van der Waals surface area (Å²) in [4.78, 5) is 42.2. The molecule has 1 aromatic carbocycles. The summed E-state index contributed by atoms with van der Waals surface area (Å²) in [6.07, 6.45) is 1.83. The highest BCUT2D eigenvalue weighted by Gasteiger charge is 2.47. The van der Waals surface area contributed by atoms with Gasteiger partial charge in [-0.15, -0.1) is 0 Å². The zero-order chi connectivity index (χ0) is 23.6. The van der Waals surface area contributed by atoms with Crippen LogP contribution in [0.15, 0.2) is 53.2 Å². The van der Waals surface area contributed by atoms with Crippen molar-refractivity contribution in [2.24, 2.45) is 0 Å². The highest BCUT2D eigenvalue weighted by molar-refractivity contribution is 6.09. The molecule has 2 N–H and O–H groups in total. The predicted octanol–water partition coefficient (Wildman–Crippen LogP) is 2.57. The van der Waals surface area contributed by atoms with E-state index in [2.05, 4.69) is 15.6 Å². The standard InChI is InChI=1S/C22H17F2N5O4/c23-22(24)8-14(9-25)29(12-22)19(30)11-27-20(31)15-5-6-26-10-16(15)28-21(32)18-7-13-3-1-2-4-17(13)33-18/h1-7,10,14H,8,11-12H2,(H,27,31)(H,28,32)/t14-/m0/s1. The molecule has 0 spiro atoms. The Morgan fingerprint density at radius 1 is 1.24 bits per heavy atom. The van der Waals surface area contributed by atoms with Gasteiger partial charge in [-0.1, -0.05) is 18.2 Å². The van der Waals surface area contributed by atoms with Gasteiger partial charge in [0.25, 0.3) is 17.7 Å². The molecule has 1 fully saturated rings. The van der Waals surface area contributed by atoms with E-state index in [0.717, 1.165) is 10.3 Å². The van der Waals surface area contributed by atoms with Crippen LogP contribution in [0.2, 0.25) is 0 Å². The maximum absolute atomic E-state index is 13.6. The number of carbonyl (C=O) groups is 3. The highest BCUT2D eigenvalue weighted by Crippen LogP contribution is 2.31. The second kappa shape index (κ2) is 8.66. The first kappa shape index (κ1) is 21.9. The van der Waals surface area contributed by atoms with Crippen LogP contribution in [0.25, 0.3) is 11.0 Å². The first-order valence-corrected chi connectivity index (χ1v) is 9.86. The fourth-order valence-corrected chi connectivity index (χ4v) is 3.52. The first-order valence-electron chi connectivity index (χ1n) is 9.86. The van der Waals surface area contributed by atoms with E-state index in [1.807, 2.05) is 0 Å². The number of nitrogens with one attached hydrogen (secondary N) is 2. The summed E-state index contributed by atoms with van der Waals surface area (Å²) in [7, 11) is 0. The summed E-state index contributed by atoms with van der Waals surface area (Å²) < 4.78 is 32.6. The van der Waals surface area contributed by atoms with E-state index in [-0.39, 0.29) is 17.0 Å². The summed E-state index contributed by atoms with van der Waals surface area (Å²) in [5.74, 6) is -5.28. The van der Waals surface area contributed by atoms with E-state index in [1.165, 1.54) is 18.5 Å². The van der Waals surface area contributed by atoms with Crippen molar-refractivity contribution in [2.75, 3.05) is 18.4 Å². The third-order valence-corrected chi connectivity index (χ3v) is 5.10. The summed E-state index contributed by atoms with van der Waals surface area (Å²) in [6.45, 7) is -1.47. The van der Waals surface area contributed by atoms with E-state index >= 15 is 0 Å². The van der Waals surface area contributed by atoms with Crippen molar-refractivity contribution < 1.29 is 27.6 Å². The Balaban J connectivity index is 1.43. The Kier molecular flexibility index (Phi) is 5.74. The molecular formula is C22H17F2N5O4. The number of carbonyl (C=O) groups excluding carboxylic acids is 3. The minimum atomic E-state index is -3.15. The first-order chi connectivity index (χ1) is 15.8. The maximum Gasteiger partial charge on any atom is 0.291 e.